The maximum absolute atomic E-state index is 12.1. The van der Waals surface area contributed by atoms with Crippen LogP contribution in [0.25, 0.3) is 0 Å². The molecule has 2 aliphatic rings. The van der Waals surface area contributed by atoms with Gasteiger partial charge in [0.05, 0.1) is 25.9 Å². The number of ether oxygens (including phenoxy) is 5. The maximum atomic E-state index is 12.1. The van der Waals surface area contributed by atoms with E-state index in [0.717, 1.165) is 5.56 Å². The summed E-state index contributed by atoms with van der Waals surface area (Å²) < 4.78 is 27.6. The van der Waals surface area contributed by atoms with E-state index in [4.69, 9.17) is 23.7 Å². The summed E-state index contributed by atoms with van der Waals surface area (Å²) >= 11 is 4.31. The van der Waals surface area contributed by atoms with Crippen molar-refractivity contribution >= 4 is 51.2 Å². The molecule has 8 heteroatoms. The molecule has 0 amide bonds. The predicted molar refractivity (Wildman–Crippen MR) is 93.0 cm³/mol. The summed E-state index contributed by atoms with van der Waals surface area (Å²) in [6, 6.07) is 5.32. The van der Waals surface area contributed by atoms with Crippen LogP contribution in [-0.2, 0) is 23.7 Å². The van der Waals surface area contributed by atoms with Crippen LogP contribution in [0, 0.1) is 0 Å². The molecular weight excluding hydrogens is 518 g/mol. The minimum absolute atomic E-state index is 0.0278. The largest absolute Gasteiger partial charge is 0.465 e. The number of benzene rings is 1. The van der Waals surface area contributed by atoms with Crippen LogP contribution in [0.15, 0.2) is 18.2 Å². The summed E-state index contributed by atoms with van der Waals surface area (Å²) in [6.07, 6.45) is -1.17. The van der Waals surface area contributed by atoms with Crippen molar-refractivity contribution in [3.8, 4) is 0 Å². The second-order valence-electron chi connectivity index (χ2n) is 4.72. The highest BCUT2D eigenvalue weighted by atomic mass is 127. The standard InChI is InChI=1S/C14H14I2O6/c1-18-12(17)7-3-2-4-8(13-19-5-9(15)21-13)11(7)14-20-6-10(16)22-14/h2-4,9-10,13-14H,5-6H2,1H3. The van der Waals surface area contributed by atoms with Crippen LogP contribution in [-0.4, -0.2) is 34.5 Å². The lowest BCUT2D eigenvalue weighted by Gasteiger charge is -2.21. The van der Waals surface area contributed by atoms with E-state index in [9.17, 15) is 4.79 Å². The Bertz CT molecular complexity index is 566. The number of alkyl halides is 2. The SMILES string of the molecule is COC(=O)c1cccc(C2OCC(I)O2)c1C1OCC(I)O1. The Morgan fingerprint density at radius 3 is 2.32 bits per heavy atom. The number of hydrogen-bond donors (Lipinski definition) is 0. The highest BCUT2D eigenvalue weighted by Gasteiger charge is 2.36. The van der Waals surface area contributed by atoms with Crippen molar-refractivity contribution in [1.82, 2.24) is 0 Å². The molecule has 2 aliphatic heterocycles. The lowest BCUT2D eigenvalue weighted by atomic mass is 9.99. The van der Waals surface area contributed by atoms with Gasteiger partial charge in [0.25, 0.3) is 0 Å². The Hall–Kier alpha value is -0.0100. The fraction of sp³-hybridized carbons (Fsp3) is 0.500. The molecular formula is C14H14I2O6. The van der Waals surface area contributed by atoms with E-state index >= 15 is 0 Å². The highest BCUT2D eigenvalue weighted by Crippen LogP contribution is 2.39. The van der Waals surface area contributed by atoms with Crippen molar-refractivity contribution in [1.29, 1.82) is 0 Å². The zero-order valence-electron chi connectivity index (χ0n) is 11.7. The molecule has 4 unspecified atom stereocenters. The van der Waals surface area contributed by atoms with Crippen molar-refractivity contribution in [3.63, 3.8) is 0 Å². The molecule has 0 radical (unpaired) electrons. The number of carbonyl (C=O) groups is 1. The first-order chi connectivity index (χ1) is 10.6. The molecule has 0 N–H and O–H groups in total. The van der Waals surface area contributed by atoms with Crippen LogP contribution < -0.4 is 0 Å². The molecule has 4 atom stereocenters. The highest BCUT2D eigenvalue weighted by molar-refractivity contribution is 14.1. The summed E-state index contributed by atoms with van der Waals surface area (Å²) in [6.45, 7) is 0.954. The van der Waals surface area contributed by atoms with E-state index in [2.05, 4.69) is 45.2 Å². The quantitative estimate of drug-likeness (QED) is 0.339. The van der Waals surface area contributed by atoms with E-state index in [1.165, 1.54) is 7.11 Å². The van der Waals surface area contributed by atoms with Gasteiger partial charge in [0.1, 0.15) is 8.22 Å². The maximum Gasteiger partial charge on any atom is 0.338 e. The Balaban J connectivity index is 2.03. The average Bonchev–Trinajstić information content (AvgIpc) is 3.14. The molecule has 2 fully saturated rings. The monoisotopic (exact) mass is 532 g/mol. The first-order valence-corrected chi connectivity index (χ1v) is 9.12. The Morgan fingerprint density at radius 1 is 1.14 bits per heavy atom. The van der Waals surface area contributed by atoms with Gasteiger partial charge in [-0.1, -0.05) is 12.1 Å². The van der Waals surface area contributed by atoms with Gasteiger partial charge in [0.2, 0.25) is 0 Å². The number of hydrogen-bond acceptors (Lipinski definition) is 6. The fourth-order valence-electron chi connectivity index (χ4n) is 2.41. The van der Waals surface area contributed by atoms with E-state index in [1.54, 1.807) is 12.1 Å². The van der Waals surface area contributed by atoms with Crippen molar-refractivity contribution < 1.29 is 28.5 Å². The van der Waals surface area contributed by atoms with Gasteiger partial charge >= 0.3 is 5.97 Å². The average molecular weight is 532 g/mol. The van der Waals surface area contributed by atoms with Gasteiger partial charge in [-0.15, -0.1) is 0 Å². The second-order valence-corrected chi connectivity index (χ2v) is 7.50. The second kappa shape index (κ2) is 7.26. The predicted octanol–water partition coefficient (Wildman–Crippen LogP) is 3.09. The smallest absolute Gasteiger partial charge is 0.338 e. The topological polar surface area (TPSA) is 63.2 Å². The zero-order valence-corrected chi connectivity index (χ0v) is 16.0. The number of rotatable bonds is 3. The molecule has 2 saturated heterocycles. The summed E-state index contributed by atoms with van der Waals surface area (Å²) in [5, 5.41) is 0. The number of halogens is 2. The van der Waals surface area contributed by atoms with Crippen molar-refractivity contribution in [2.24, 2.45) is 0 Å². The minimum atomic E-state index is -0.632. The van der Waals surface area contributed by atoms with Gasteiger partial charge in [-0.25, -0.2) is 4.79 Å². The Kier molecular flexibility index (Phi) is 5.56. The van der Waals surface area contributed by atoms with Gasteiger partial charge in [-0.05, 0) is 51.2 Å². The first-order valence-electron chi connectivity index (χ1n) is 6.63. The Morgan fingerprint density at radius 2 is 1.77 bits per heavy atom. The molecule has 2 heterocycles. The number of methoxy groups -OCH3 is 1. The zero-order chi connectivity index (χ0) is 15.7. The van der Waals surface area contributed by atoms with Gasteiger partial charge in [-0.2, -0.15) is 0 Å². The molecule has 6 nitrogen and oxygen atoms in total. The van der Waals surface area contributed by atoms with Crippen LogP contribution >= 0.6 is 45.2 Å². The fourth-order valence-corrected chi connectivity index (χ4v) is 3.35. The number of esters is 1. The van der Waals surface area contributed by atoms with E-state index < -0.39 is 18.5 Å². The van der Waals surface area contributed by atoms with Crippen LogP contribution in [0.1, 0.15) is 34.1 Å². The molecule has 0 bridgehead atoms. The first kappa shape index (κ1) is 16.8. The normalized spacial score (nSPS) is 31.4. The van der Waals surface area contributed by atoms with Crippen LogP contribution in [0.3, 0.4) is 0 Å². The molecule has 0 spiro atoms. The van der Waals surface area contributed by atoms with E-state index in [1.807, 2.05) is 6.07 Å². The van der Waals surface area contributed by atoms with Gasteiger partial charge in [-0.3, -0.25) is 0 Å². The summed E-state index contributed by atoms with van der Waals surface area (Å²) in [5.74, 6) is -0.440. The third kappa shape index (κ3) is 3.41. The van der Waals surface area contributed by atoms with Gasteiger partial charge in [0, 0.05) is 11.1 Å². The summed E-state index contributed by atoms with van der Waals surface area (Å²) in [5.41, 5.74) is 1.75. The third-order valence-electron chi connectivity index (χ3n) is 3.33. The van der Waals surface area contributed by atoms with Crippen LogP contribution in [0.4, 0.5) is 0 Å². The Labute approximate surface area is 155 Å². The summed E-state index contributed by atoms with van der Waals surface area (Å²) in [4.78, 5) is 12.1. The lowest BCUT2D eigenvalue weighted by Crippen LogP contribution is -2.15. The van der Waals surface area contributed by atoms with Crippen molar-refractivity contribution in [2.45, 2.75) is 20.8 Å². The minimum Gasteiger partial charge on any atom is -0.465 e. The van der Waals surface area contributed by atoms with Crippen LogP contribution in [0.5, 0.6) is 0 Å². The van der Waals surface area contributed by atoms with Gasteiger partial charge < -0.3 is 23.7 Å². The molecule has 3 rings (SSSR count). The molecule has 0 aliphatic carbocycles. The van der Waals surface area contributed by atoms with Crippen molar-refractivity contribution in [2.75, 3.05) is 20.3 Å². The van der Waals surface area contributed by atoms with Gasteiger partial charge in [0.15, 0.2) is 12.6 Å². The molecule has 0 aromatic heterocycles. The molecule has 1 aromatic carbocycles. The lowest BCUT2D eigenvalue weighted by molar-refractivity contribution is -0.0664. The number of carbonyl (C=O) groups excluding carboxylic acids is 1. The molecule has 120 valence electrons. The third-order valence-corrected chi connectivity index (χ3v) is 4.64. The van der Waals surface area contributed by atoms with Crippen molar-refractivity contribution in [3.05, 3.63) is 34.9 Å². The van der Waals surface area contributed by atoms with Crippen LogP contribution in [0.2, 0.25) is 0 Å². The molecule has 22 heavy (non-hydrogen) atoms. The summed E-state index contributed by atoms with van der Waals surface area (Å²) in [7, 11) is 1.35. The van der Waals surface area contributed by atoms with E-state index in [0.29, 0.717) is 24.3 Å². The molecule has 1 aromatic rings. The van der Waals surface area contributed by atoms with E-state index in [-0.39, 0.29) is 8.22 Å². The molecule has 0 saturated carbocycles.